The number of hydrogen-bond acceptors (Lipinski definition) is 3. The van der Waals surface area contributed by atoms with Crippen molar-refractivity contribution in [1.29, 1.82) is 0 Å². The number of aromatic nitrogens is 1. The lowest BCUT2D eigenvalue weighted by molar-refractivity contribution is 0.414. The van der Waals surface area contributed by atoms with Gasteiger partial charge in [0.2, 0.25) is 0 Å². The fraction of sp³-hybridized carbons (Fsp3) is 0.154. The molecule has 0 atom stereocenters. The van der Waals surface area contributed by atoms with E-state index >= 15 is 0 Å². The van der Waals surface area contributed by atoms with Crippen molar-refractivity contribution in [2.24, 2.45) is 0 Å². The molecule has 1 aromatic heterocycles. The molecule has 0 saturated carbocycles. The van der Waals surface area contributed by atoms with Crippen LogP contribution in [0.15, 0.2) is 53.7 Å². The molecule has 16 heavy (non-hydrogen) atoms. The van der Waals surface area contributed by atoms with E-state index in [1.54, 1.807) is 18.9 Å². The quantitative estimate of drug-likeness (QED) is 0.753. The van der Waals surface area contributed by atoms with E-state index in [1.807, 2.05) is 36.5 Å². The Kier molecular flexibility index (Phi) is 3.83. The fourth-order valence-electron chi connectivity index (χ4n) is 1.31. The summed E-state index contributed by atoms with van der Waals surface area (Å²) in [4.78, 5) is 4.27. The van der Waals surface area contributed by atoms with Crippen molar-refractivity contribution in [3.63, 3.8) is 0 Å². The number of hydrogen-bond donors (Lipinski definition) is 0. The van der Waals surface area contributed by atoms with E-state index in [2.05, 4.69) is 17.1 Å². The van der Waals surface area contributed by atoms with Crippen molar-refractivity contribution < 1.29 is 4.74 Å². The first-order valence-corrected chi connectivity index (χ1v) is 6.04. The topological polar surface area (TPSA) is 22.1 Å². The van der Waals surface area contributed by atoms with Crippen molar-refractivity contribution >= 4 is 11.8 Å². The lowest BCUT2D eigenvalue weighted by Crippen LogP contribution is -1.85. The predicted molar refractivity (Wildman–Crippen MR) is 66.8 cm³/mol. The first-order chi connectivity index (χ1) is 7.88. The molecule has 0 aliphatic rings. The Morgan fingerprint density at radius 3 is 2.56 bits per heavy atom. The number of methoxy groups -OCH3 is 1. The van der Waals surface area contributed by atoms with Gasteiger partial charge in [-0.15, -0.1) is 11.8 Å². The van der Waals surface area contributed by atoms with Gasteiger partial charge in [0.15, 0.2) is 0 Å². The monoisotopic (exact) mass is 231 g/mol. The summed E-state index contributed by atoms with van der Waals surface area (Å²) in [5, 5.41) is 1.05. The van der Waals surface area contributed by atoms with Crippen LogP contribution in [0.2, 0.25) is 0 Å². The molecule has 0 fully saturated rings. The van der Waals surface area contributed by atoms with Gasteiger partial charge in [-0.1, -0.05) is 18.2 Å². The Balaban J connectivity index is 1.94. The second-order valence-corrected chi connectivity index (χ2v) is 4.30. The summed E-state index contributed by atoms with van der Waals surface area (Å²) in [6.07, 6.45) is 1.82. The van der Waals surface area contributed by atoms with Crippen LogP contribution in [0.3, 0.4) is 0 Å². The zero-order valence-corrected chi connectivity index (χ0v) is 9.91. The summed E-state index contributed by atoms with van der Waals surface area (Å²) in [6, 6.07) is 14.1. The Morgan fingerprint density at radius 2 is 1.94 bits per heavy atom. The smallest absolute Gasteiger partial charge is 0.118 e. The van der Waals surface area contributed by atoms with Crippen molar-refractivity contribution in [3.8, 4) is 5.75 Å². The van der Waals surface area contributed by atoms with Gasteiger partial charge >= 0.3 is 0 Å². The third-order valence-corrected chi connectivity index (χ3v) is 3.20. The van der Waals surface area contributed by atoms with Gasteiger partial charge in [0.05, 0.1) is 12.1 Å². The number of pyridine rings is 1. The van der Waals surface area contributed by atoms with Crippen LogP contribution in [0.25, 0.3) is 0 Å². The van der Waals surface area contributed by atoms with Gasteiger partial charge in [0, 0.05) is 11.9 Å². The minimum Gasteiger partial charge on any atom is -0.497 e. The van der Waals surface area contributed by atoms with Crippen LogP contribution in [0.4, 0.5) is 0 Å². The van der Waals surface area contributed by atoms with Crippen LogP contribution in [0.1, 0.15) is 5.56 Å². The summed E-state index contributed by atoms with van der Waals surface area (Å²) in [7, 11) is 1.68. The molecule has 0 aliphatic heterocycles. The highest BCUT2D eigenvalue weighted by molar-refractivity contribution is 7.98. The number of nitrogens with zero attached hydrogens (tertiary/aromatic N) is 1. The summed E-state index contributed by atoms with van der Waals surface area (Å²) >= 11 is 1.74. The molecule has 0 saturated heterocycles. The summed E-state index contributed by atoms with van der Waals surface area (Å²) < 4.78 is 5.11. The molecular weight excluding hydrogens is 218 g/mol. The number of benzene rings is 1. The van der Waals surface area contributed by atoms with Crippen molar-refractivity contribution in [1.82, 2.24) is 4.98 Å². The molecule has 0 radical (unpaired) electrons. The fourth-order valence-corrected chi connectivity index (χ4v) is 2.13. The third-order valence-electron chi connectivity index (χ3n) is 2.18. The van der Waals surface area contributed by atoms with Gasteiger partial charge < -0.3 is 4.74 Å². The number of rotatable bonds is 4. The van der Waals surface area contributed by atoms with Crippen molar-refractivity contribution in [2.75, 3.05) is 7.11 Å². The molecule has 0 amide bonds. The Labute approximate surface area is 99.7 Å². The second-order valence-electron chi connectivity index (χ2n) is 3.30. The minimum atomic E-state index is 0.895. The molecule has 3 heteroatoms. The van der Waals surface area contributed by atoms with E-state index in [1.165, 1.54) is 5.56 Å². The summed E-state index contributed by atoms with van der Waals surface area (Å²) in [5.74, 6) is 1.83. The predicted octanol–water partition coefficient (Wildman–Crippen LogP) is 3.38. The Hall–Kier alpha value is -1.48. The highest BCUT2D eigenvalue weighted by Gasteiger charge is 1.97. The minimum absolute atomic E-state index is 0.895. The lowest BCUT2D eigenvalue weighted by Gasteiger charge is -2.03. The van der Waals surface area contributed by atoms with Gasteiger partial charge in [-0.05, 0) is 29.8 Å². The zero-order valence-electron chi connectivity index (χ0n) is 9.09. The molecule has 0 N–H and O–H groups in total. The molecular formula is C13H13NOS. The number of ether oxygens (including phenoxy) is 1. The molecule has 0 bridgehead atoms. The van der Waals surface area contributed by atoms with Gasteiger partial charge in [-0.25, -0.2) is 4.98 Å². The summed E-state index contributed by atoms with van der Waals surface area (Å²) in [6.45, 7) is 0. The number of thioether (sulfide) groups is 1. The van der Waals surface area contributed by atoms with Crippen LogP contribution in [0.5, 0.6) is 5.75 Å². The maximum Gasteiger partial charge on any atom is 0.118 e. The SMILES string of the molecule is COc1ccc(CSc2ccccn2)cc1. The molecule has 0 unspecified atom stereocenters. The average Bonchev–Trinajstić information content (AvgIpc) is 2.38. The summed E-state index contributed by atoms with van der Waals surface area (Å²) in [5.41, 5.74) is 1.27. The maximum atomic E-state index is 5.11. The second kappa shape index (κ2) is 5.56. The maximum absolute atomic E-state index is 5.11. The average molecular weight is 231 g/mol. The van der Waals surface area contributed by atoms with E-state index in [0.29, 0.717) is 0 Å². The van der Waals surface area contributed by atoms with Crippen LogP contribution in [-0.4, -0.2) is 12.1 Å². The molecule has 82 valence electrons. The van der Waals surface area contributed by atoms with E-state index in [4.69, 9.17) is 4.74 Å². The van der Waals surface area contributed by atoms with Crippen LogP contribution >= 0.6 is 11.8 Å². The molecule has 0 spiro atoms. The highest BCUT2D eigenvalue weighted by atomic mass is 32.2. The molecule has 2 nitrogen and oxygen atoms in total. The van der Waals surface area contributed by atoms with E-state index < -0.39 is 0 Å². The van der Waals surface area contributed by atoms with E-state index in [-0.39, 0.29) is 0 Å². The molecule has 1 heterocycles. The third kappa shape index (κ3) is 3.00. The Morgan fingerprint density at radius 1 is 1.12 bits per heavy atom. The van der Waals surface area contributed by atoms with Crippen molar-refractivity contribution in [2.45, 2.75) is 10.8 Å². The van der Waals surface area contributed by atoms with Crippen molar-refractivity contribution in [3.05, 3.63) is 54.2 Å². The lowest BCUT2D eigenvalue weighted by atomic mass is 10.2. The molecule has 2 rings (SSSR count). The zero-order chi connectivity index (χ0) is 11.2. The van der Waals surface area contributed by atoms with Gasteiger partial charge in [0.25, 0.3) is 0 Å². The van der Waals surface area contributed by atoms with Gasteiger partial charge in [-0.3, -0.25) is 0 Å². The molecule has 0 aliphatic carbocycles. The van der Waals surface area contributed by atoms with Crippen LogP contribution in [-0.2, 0) is 5.75 Å². The van der Waals surface area contributed by atoms with Crippen LogP contribution in [0, 0.1) is 0 Å². The molecule has 2 aromatic rings. The Bertz CT molecular complexity index is 427. The van der Waals surface area contributed by atoms with E-state index in [9.17, 15) is 0 Å². The molecule has 1 aromatic carbocycles. The first kappa shape index (κ1) is 11.0. The van der Waals surface area contributed by atoms with Gasteiger partial charge in [0.1, 0.15) is 5.75 Å². The standard InChI is InChI=1S/C13H13NOS/c1-15-12-7-5-11(6-8-12)10-16-13-4-2-3-9-14-13/h2-9H,10H2,1H3. The van der Waals surface area contributed by atoms with Crippen LogP contribution < -0.4 is 4.74 Å². The highest BCUT2D eigenvalue weighted by Crippen LogP contribution is 2.21. The first-order valence-electron chi connectivity index (χ1n) is 5.05. The van der Waals surface area contributed by atoms with E-state index in [0.717, 1.165) is 16.5 Å². The largest absolute Gasteiger partial charge is 0.497 e. The normalized spacial score (nSPS) is 10.1. The van der Waals surface area contributed by atoms with Gasteiger partial charge in [-0.2, -0.15) is 0 Å².